The molecule has 1 aliphatic heterocycles. The van der Waals surface area contributed by atoms with Crippen LogP contribution in [0.2, 0.25) is 0 Å². The predicted molar refractivity (Wildman–Crippen MR) is 36.3 cm³/mol. The topological polar surface area (TPSA) is 29.1 Å². The first-order valence-electron chi connectivity index (χ1n) is 3.43. The normalized spacial score (nSPS) is 22.9. The highest BCUT2D eigenvalue weighted by molar-refractivity contribution is 5.85. The van der Waals surface area contributed by atoms with E-state index in [1.165, 1.54) is 0 Å². The van der Waals surface area contributed by atoms with Crippen molar-refractivity contribution in [3.8, 4) is 0 Å². The zero-order chi connectivity index (χ0) is 6.91. The second-order valence-corrected chi connectivity index (χ2v) is 2.94. The van der Waals surface area contributed by atoms with Gasteiger partial charge in [0, 0.05) is 19.5 Å². The van der Waals surface area contributed by atoms with Gasteiger partial charge < -0.3 is 5.32 Å². The summed E-state index contributed by atoms with van der Waals surface area (Å²) in [5, 5.41) is 3.10. The molecular formula is C7H13NO. The molecule has 0 spiro atoms. The molecule has 1 N–H and O–H groups in total. The molecular weight excluding hydrogens is 114 g/mol. The minimum absolute atomic E-state index is 0.0191. The van der Waals surface area contributed by atoms with Crippen LogP contribution in [0.1, 0.15) is 20.3 Å². The maximum Gasteiger partial charge on any atom is 0.141 e. The minimum atomic E-state index is -0.0191. The SMILES string of the molecule is CCC(=O)C1(C)CNC1. The zero-order valence-corrected chi connectivity index (χ0v) is 6.03. The maximum absolute atomic E-state index is 11.1. The van der Waals surface area contributed by atoms with Crippen LogP contribution in [-0.4, -0.2) is 18.9 Å². The standard InChI is InChI=1S/C7H13NO/c1-3-6(9)7(2)4-8-5-7/h8H,3-5H2,1-2H3. The van der Waals surface area contributed by atoms with Gasteiger partial charge >= 0.3 is 0 Å². The fourth-order valence-corrected chi connectivity index (χ4v) is 1.12. The zero-order valence-electron chi connectivity index (χ0n) is 6.03. The van der Waals surface area contributed by atoms with Crippen molar-refractivity contribution in [1.29, 1.82) is 0 Å². The number of hydrogen-bond acceptors (Lipinski definition) is 2. The van der Waals surface area contributed by atoms with Crippen LogP contribution < -0.4 is 5.32 Å². The van der Waals surface area contributed by atoms with E-state index in [4.69, 9.17) is 0 Å². The van der Waals surface area contributed by atoms with E-state index in [1.807, 2.05) is 13.8 Å². The van der Waals surface area contributed by atoms with Gasteiger partial charge in [0.25, 0.3) is 0 Å². The lowest BCUT2D eigenvalue weighted by atomic mass is 9.79. The first kappa shape index (κ1) is 6.75. The molecule has 1 aliphatic rings. The highest BCUT2D eigenvalue weighted by Gasteiger charge is 2.37. The van der Waals surface area contributed by atoms with Gasteiger partial charge in [0.2, 0.25) is 0 Å². The third-order valence-corrected chi connectivity index (χ3v) is 2.02. The Morgan fingerprint density at radius 2 is 2.22 bits per heavy atom. The van der Waals surface area contributed by atoms with Crippen molar-refractivity contribution in [2.45, 2.75) is 20.3 Å². The van der Waals surface area contributed by atoms with E-state index >= 15 is 0 Å². The summed E-state index contributed by atoms with van der Waals surface area (Å²) in [5.41, 5.74) is -0.0191. The Morgan fingerprint density at radius 1 is 1.67 bits per heavy atom. The van der Waals surface area contributed by atoms with Crippen molar-refractivity contribution < 1.29 is 4.79 Å². The van der Waals surface area contributed by atoms with Crippen molar-refractivity contribution in [3.63, 3.8) is 0 Å². The van der Waals surface area contributed by atoms with E-state index in [0.29, 0.717) is 12.2 Å². The van der Waals surface area contributed by atoms with Crippen molar-refractivity contribution in [2.75, 3.05) is 13.1 Å². The van der Waals surface area contributed by atoms with Gasteiger partial charge in [0.1, 0.15) is 5.78 Å². The van der Waals surface area contributed by atoms with Gasteiger partial charge in [0.15, 0.2) is 0 Å². The molecule has 2 heteroatoms. The van der Waals surface area contributed by atoms with Gasteiger partial charge in [-0.15, -0.1) is 0 Å². The average molecular weight is 127 g/mol. The number of ketones is 1. The summed E-state index contributed by atoms with van der Waals surface area (Å²) in [7, 11) is 0. The molecule has 1 saturated heterocycles. The molecule has 2 nitrogen and oxygen atoms in total. The lowest BCUT2D eigenvalue weighted by Gasteiger charge is -2.37. The van der Waals surface area contributed by atoms with Crippen LogP contribution in [0, 0.1) is 5.41 Å². The molecule has 1 heterocycles. The number of carbonyl (C=O) groups excluding carboxylic acids is 1. The van der Waals surface area contributed by atoms with Crippen LogP contribution in [0.25, 0.3) is 0 Å². The third kappa shape index (κ3) is 0.990. The van der Waals surface area contributed by atoms with Crippen LogP contribution >= 0.6 is 0 Å². The van der Waals surface area contributed by atoms with Gasteiger partial charge in [-0.05, 0) is 0 Å². The quantitative estimate of drug-likeness (QED) is 0.587. The molecule has 0 saturated carbocycles. The van der Waals surface area contributed by atoms with Gasteiger partial charge in [-0.25, -0.2) is 0 Å². The summed E-state index contributed by atoms with van der Waals surface area (Å²) >= 11 is 0. The maximum atomic E-state index is 11.1. The first-order valence-corrected chi connectivity index (χ1v) is 3.43. The molecule has 0 aromatic heterocycles. The number of nitrogens with one attached hydrogen (secondary N) is 1. The van der Waals surface area contributed by atoms with Gasteiger partial charge in [-0.1, -0.05) is 13.8 Å². The number of hydrogen-bond donors (Lipinski definition) is 1. The molecule has 0 amide bonds. The smallest absolute Gasteiger partial charge is 0.141 e. The summed E-state index contributed by atoms with van der Waals surface area (Å²) in [6.45, 7) is 5.70. The van der Waals surface area contributed by atoms with Crippen LogP contribution in [0.4, 0.5) is 0 Å². The van der Waals surface area contributed by atoms with Crippen molar-refractivity contribution >= 4 is 5.78 Å². The van der Waals surface area contributed by atoms with Gasteiger partial charge in [0.05, 0.1) is 5.41 Å². The van der Waals surface area contributed by atoms with Crippen LogP contribution in [0.5, 0.6) is 0 Å². The lowest BCUT2D eigenvalue weighted by Crippen LogP contribution is -2.55. The lowest BCUT2D eigenvalue weighted by molar-refractivity contribution is -0.130. The van der Waals surface area contributed by atoms with Gasteiger partial charge in [-0.2, -0.15) is 0 Å². The fourth-order valence-electron chi connectivity index (χ4n) is 1.12. The largest absolute Gasteiger partial charge is 0.315 e. The molecule has 0 aromatic carbocycles. The van der Waals surface area contributed by atoms with Crippen LogP contribution in [0.3, 0.4) is 0 Å². The molecule has 0 aromatic rings. The number of carbonyl (C=O) groups is 1. The Bertz CT molecular complexity index is 127. The fraction of sp³-hybridized carbons (Fsp3) is 0.857. The first-order chi connectivity index (χ1) is 4.19. The van der Waals surface area contributed by atoms with Gasteiger partial charge in [-0.3, -0.25) is 4.79 Å². The van der Waals surface area contributed by atoms with E-state index in [1.54, 1.807) is 0 Å². The summed E-state index contributed by atoms with van der Waals surface area (Å²) in [6, 6.07) is 0. The monoisotopic (exact) mass is 127 g/mol. The summed E-state index contributed by atoms with van der Waals surface area (Å²) < 4.78 is 0. The molecule has 1 fully saturated rings. The molecule has 1 rings (SSSR count). The molecule has 52 valence electrons. The summed E-state index contributed by atoms with van der Waals surface area (Å²) in [6.07, 6.45) is 0.679. The third-order valence-electron chi connectivity index (χ3n) is 2.02. The van der Waals surface area contributed by atoms with Crippen molar-refractivity contribution in [2.24, 2.45) is 5.41 Å². The predicted octanol–water partition coefficient (Wildman–Crippen LogP) is 0.575. The van der Waals surface area contributed by atoms with E-state index in [0.717, 1.165) is 13.1 Å². The Labute approximate surface area is 55.6 Å². The Kier molecular flexibility index (Phi) is 1.58. The summed E-state index contributed by atoms with van der Waals surface area (Å²) in [4.78, 5) is 11.1. The highest BCUT2D eigenvalue weighted by Crippen LogP contribution is 2.23. The van der Waals surface area contributed by atoms with Crippen molar-refractivity contribution in [1.82, 2.24) is 5.32 Å². The van der Waals surface area contributed by atoms with E-state index < -0.39 is 0 Å². The van der Waals surface area contributed by atoms with E-state index in [-0.39, 0.29) is 5.41 Å². The molecule has 0 aliphatic carbocycles. The van der Waals surface area contributed by atoms with E-state index in [2.05, 4.69) is 5.32 Å². The Balaban J connectivity index is 2.49. The number of rotatable bonds is 2. The van der Waals surface area contributed by atoms with Crippen LogP contribution in [0.15, 0.2) is 0 Å². The Morgan fingerprint density at radius 3 is 2.33 bits per heavy atom. The number of Topliss-reactive ketones (excluding diaryl/α,β-unsaturated/α-hetero) is 1. The molecule has 9 heavy (non-hydrogen) atoms. The average Bonchev–Trinajstić information content (AvgIpc) is 1.81. The molecule has 0 unspecified atom stereocenters. The molecule has 0 atom stereocenters. The van der Waals surface area contributed by atoms with E-state index in [9.17, 15) is 4.79 Å². The molecule has 0 bridgehead atoms. The second kappa shape index (κ2) is 2.10. The van der Waals surface area contributed by atoms with Crippen LogP contribution in [-0.2, 0) is 4.79 Å². The van der Waals surface area contributed by atoms with Crippen molar-refractivity contribution in [3.05, 3.63) is 0 Å². The minimum Gasteiger partial charge on any atom is -0.315 e. The summed E-state index contributed by atoms with van der Waals surface area (Å²) in [5.74, 6) is 0.390. The molecule has 0 radical (unpaired) electrons. The highest BCUT2D eigenvalue weighted by atomic mass is 16.1. The second-order valence-electron chi connectivity index (χ2n) is 2.94. The Hall–Kier alpha value is -0.370.